The molecular weight excluding hydrogens is 369 g/mol. The van der Waals surface area contributed by atoms with Crippen LogP contribution in [0.5, 0.6) is 5.75 Å². The van der Waals surface area contributed by atoms with Crippen molar-refractivity contribution in [3.05, 3.63) is 58.1 Å². The predicted molar refractivity (Wildman–Crippen MR) is 99.2 cm³/mol. The van der Waals surface area contributed by atoms with E-state index < -0.39 is 11.7 Å². The van der Waals surface area contributed by atoms with Crippen molar-refractivity contribution < 1.29 is 13.9 Å². The summed E-state index contributed by atoms with van der Waals surface area (Å²) >= 11 is 6.02. The van der Waals surface area contributed by atoms with E-state index in [0.717, 1.165) is 25.7 Å². The minimum absolute atomic E-state index is 0.0138. The summed E-state index contributed by atoms with van der Waals surface area (Å²) in [6.07, 6.45) is 4.28. The zero-order valence-corrected chi connectivity index (χ0v) is 15.6. The van der Waals surface area contributed by atoms with E-state index in [1.165, 1.54) is 12.3 Å². The van der Waals surface area contributed by atoms with E-state index in [0.29, 0.717) is 22.0 Å². The third-order valence-corrected chi connectivity index (χ3v) is 4.92. The van der Waals surface area contributed by atoms with Gasteiger partial charge < -0.3 is 10.1 Å². The van der Waals surface area contributed by atoms with Crippen LogP contribution in [0, 0.1) is 24.1 Å². The number of ether oxygens (including phenoxy) is 1. The summed E-state index contributed by atoms with van der Waals surface area (Å²) in [7, 11) is 0. The first-order valence-electron chi connectivity index (χ1n) is 8.75. The zero-order valence-electron chi connectivity index (χ0n) is 14.8. The number of pyridine rings is 1. The van der Waals surface area contributed by atoms with Gasteiger partial charge in [0, 0.05) is 24.0 Å². The smallest absolute Gasteiger partial charge is 0.256 e. The third kappa shape index (κ3) is 4.75. The third-order valence-electron chi connectivity index (χ3n) is 4.61. The Morgan fingerprint density at radius 3 is 2.70 bits per heavy atom. The largest absolute Gasteiger partial charge is 0.490 e. The van der Waals surface area contributed by atoms with Gasteiger partial charge in [-0.3, -0.25) is 9.78 Å². The van der Waals surface area contributed by atoms with Crippen LogP contribution in [0.25, 0.3) is 0 Å². The lowest BCUT2D eigenvalue weighted by Gasteiger charge is -2.29. The quantitative estimate of drug-likeness (QED) is 0.854. The maximum atomic E-state index is 13.9. The second-order valence-corrected chi connectivity index (χ2v) is 7.03. The standard InChI is InChI=1S/C20H19ClFN3O2/c1-12-8-19(22)17(11-24-12)20(26)25-14-3-6-15(7-4-14)27-16-5-2-13(10-23)18(21)9-16/h2,5,8-9,11,14-15H,3-4,6-7H2,1H3,(H,25,26)/t14-,15-. The fourth-order valence-electron chi connectivity index (χ4n) is 3.13. The average molecular weight is 388 g/mol. The number of hydrogen-bond donors (Lipinski definition) is 1. The molecule has 1 N–H and O–H groups in total. The zero-order chi connectivity index (χ0) is 19.4. The Labute approximate surface area is 162 Å². The summed E-state index contributed by atoms with van der Waals surface area (Å²) in [6, 6.07) is 8.24. The Balaban J connectivity index is 1.52. The van der Waals surface area contributed by atoms with E-state index in [1.54, 1.807) is 25.1 Å². The molecule has 1 aromatic heterocycles. The van der Waals surface area contributed by atoms with E-state index in [2.05, 4.69) is 10.3 Å². The molecule has 1 heterocycles. The Hall–Kier alpha value is -2.65. The van der Waals surface area contributed by atoms with Crippen molar-refractivity contribution in [1.82, 2.24) is 10.3 Å². The van der Waals surface area contributed by atoms with Crippen molar-refractivity contribution >= 4 is 17.5 Å². The molecule has 0 unspecified atom stereocenters. The molecule has 1 fully saturated rings. The SMILES string of the molecule is Cc1cc(F)c(C(=O)N[C@H]2CC[C@H](Oc3ccc(C#N)c(Cl)c3)CC2)cn1. The molecule has 27 heavy (non-hydrogen) atoms. The van der Waals surface area contributed by atoms with E-state index >= 15 is 0 Å². The monoisotopic (exact) mass is 387 g/mol. The number of nitrogens with zero attached hydrogens (tertiary/aromatic N) is 2. The molecule has 0 atom stereocenters. The fourth-order valence-corrected chi connectivity index (χ4v) is 3.35. The summed E-state index contributed by atoms with van der Waals surface area (Å²) in [4.78, 5) is 16.2. The summed E-state index contributed by atoms with van der Waals surface area (Å²) in [6.45, 7) is 1.67. The number of nitrogens with one attached hydrogen (secondary N) is 1. The van der Waals surface area contributed by atoms with Crippen molar-refractivity contribution in [3.8, 4) is 11.8 Å². The number of benzene rings is 1. The first-order valence-corrected chi connectivity index (χ1v) is 9.13. The molecule has 2 aromatic rings. The van der Waals surface area contributed by atoms with Crippen molar-refractivity contribution in [1.29, 1.82) is 5.26 Å². The fraction of sp³-hybridized carbons (Fsp3) is 0.350. The molecule has 0 radical (unpaired) electrons. The second-order valence-electron chi connectivity index (χ2n) is 6.62. The second kappa shape index (κ2) is 8.36. The molecule has 1 amide bonds. The van der Waals surface area contributed by atoms with Gasteiger partial charge in [-0.1, -0.05) is 11.6 Å². The highest BCUT2D eigenvalue weighted by molar-refractivity contribution is 6.31. The van der Waals surface area contributed by atoms with Crippen LogP contribution in [0.1, 0.15) is 47.3 Å². The van der Waals surface area contributed by atoms with Crippen LogP contribution in [-0.2, 0) is 0 Å². The van der Waals surface area contributed by atoms with Crippen LogP contribution >= 0.6 is 11.6 Å². The highest BCUT2D eigenvalue weighted by Gasteiger charge is 2.25. The number of halogens is 2. The minimum atomic E-state index is -0.560. The average Bonchev–Trinajstić information content (AvgIpc) is 2.63. The number of carbonyl (C=O) groups excluding carboxylic acids is 1. The Morgan fingerprint density at radius 1 is 1.33 bits per heavy atom. The van der Waals surface area contributed by atoms with Gasteiger partial charge in [-0.05, 0) is 50.8 Å². The van der Waals surface area contributed by atoms with Crippen molar-refractivity contribution in [2.24, 2.45) is 0 Å². The number of amides is 1. The summed E-state index contributed by atoms with van der Waals surface area (Å²) in [5.41, 5.74) is 0.907. The van der Waals surface area contributed by atoms with E-state index in [1.807, 2.05) is 6.07 Å². The van der Waals surface area contributed by atoms with Crippen LogP contribution in [-0.4, -0.2) is 23.0 Å². The van der Waals surface area contributed by atoms with E-state index in [-0.39, 0.29) is 17.7 Å². The highest BCUT2D eigenvalue weighted by Crippen LogP contribution is 2.27. The lowest BCUT2D eigenvalue weighted by molar-refractivity contribution is 0.0889. The van der Waals surface area contributed by atoms with Crippen molar-refractivity contribution in [2.75, 3.05) is 0 Å². The van der Waals surface area contributed by atoms with Gasteiger partial charge in [-0.15, -0.1) is 0 Å². The van der Waals surface area contributed by atoms with Gasteiger partial charge in [0.15, 0.2) is 0 Å². The summed E-state index contributed by atoms with van der Waals surface area (Å²) in [5, 5.41) is 12.1. The molecule has 3 rings (SSSR count). The van der Waals surface area contributed by atoms with Gasteiger partial charge in [0.25, 0.3) is 5.91 Å². The van der Waals surface area contributed by atoms with Gasteiger partial charge >= 0.3 is 0 Å². The number of aromatic nitrogens is 1. The van der Waals surface area contributed by atoms with Gasteiger partial charge in [0.1, 0.15) is 17.6 Å². The molecule has 7 heteroatoms. The van der Waals surface area contributed by atoms with Crippen LogP contribution in [0.3, 0.4) is 0 Å². The van der Waals surface area contributed by atoms with Crippen LogP contribution in [0.4, 0.5) is 4.39 Å². The van der Waals surface area contributed by atoms with Crippen LogP contribution in [0.2, 0.25) is 5.02 Å². The molecule has 0 aliphatic heterocycles. The predicted octanol–water partition coefficient (Wildman–Crippen LogP) is 4.17. The van der Waals surface area contributed by atoms with Crippen molar-refractivity contribution in [2.45, 2.75) is 44.8 Å². The molecule has 5 nitrogen and oxygen atoms in total. The number of rotatable bonds is 4. The Kier molecular flexibility index (Phi) is 5.92. The summed E-state index contributed by atoms with van der Waals surface area (Å²) in [5.74, 6) is -0.378. The van der Waals surface area contributed by atoms with Crippen LogP contribution in [0.15, 0.2) is 30.5 Å². The van der Waals surface area contributed by atoms with Crippen molar-refractivity contribution in [3.63, 3.8) is 0 Å². The maximum absolute atomic E-state index is 13.9. The lowest BCUT2D eigenvalue weighted by Crippen LogP contribution is -2.40. The topological polar surface area (TPSA) is 75.0 Å². The number of hydrogen-bond acceptors (Lipinski definition) is 4. The molecule has 1 aliphatic carbocycles. The Bertz CT molecular complexity index is 889. The summed E-state index contributed by atoms with van der Waals surface area (Å²) < 4.78 is 19.8. The molecule has 0 spiro atoms. The molecule has 0 bridgehead atoms. The molecular formula is C20H19ClFN3O2. The van der Waals surface area contributed by atoms with Gasteiger partial charge in [0.2, 0.25) is 0 Å². The molecule has 1 aromatic carbocycles. The van der Waals surface area contributed by atoms with Gasteiger partial charge in [-0.25, -0.2) is 4.39 Å². The number of aryl methyl sites for hydroxylation is 1. The van der Waals surface area contributed by atoms with Crippen LogP contribution < -0.4 is 10.1 Å². The molecule has 1 saturated carbocycles. The van der Waals surface area contributed by atoms with Gasteiger partial charge in [0.05, 0.1) is 22.3 Å². The first kappa shape index (κ1) is 19.1. The molecule has 1 aliphatic rings. The number of nitriles is 1. The molecule has 140 valence electrons. The number of carbonyl (C=O) groups is 1. The Morgan fingerprint density at radius 2 is 2.07 bits per heavy atom. The van der Waals surface area contributed by atoms with Gasteiger partial charge in [-0.2, -0.15) is 5.26 Å². The van der Waals surface area contributed by atoms with E-state index in [9.17, 15) is 9.18 Å². The highest BCUT2D eigenvalue weighted by atomic mass is 35.5. The van der Waals surface area contributed by atoms with E-state index in [4.69, 9.17) is 21.6 Å². The molecule has 0 saturated heterocycles. The minimum Gasteiger partial charge on any atom is -0.490 e. The lowest BCUT2D eigenvalue weighted by atomic mass is 9.92. The maximum Gasteiger partial charge on any atom is 0.256 e. The first-order chi connectivity index (χ1) is 13.0. The normalized spacial score (nSPS) is 19.2.